The minimum Gasteiger partial charge on any atom is -0.372 e. The van der Waals surface area contributed by atoms with E-state index < -0.39 is 0 Å². The van der Waals surface area contributed by atoms with Crippen molar-refractivity contribution in [3.8, 4) is 0 Å². The van der Waals surface area contributed by atoms with Crippen molar-refractivity contribution in [2.75, 3.05) is 50.8 Å². The molecule has 1 aromatic carbocycles. The summed E-state index contributed by atoms with van der Waals surface area (Å²) in [6.07, 6.45) is 0.674. The standard InChI is InChI=1S/C23H31N5O3/c1-4-31-15-21(29)28-8-7-19-18(14-28)22(25-24-19)23(30)27-11-9-26(10-12-27)20-13-16(2)5-6-17(20)3/h5-6,13H,4,7-12,14-15H2,1-3H3,(H,24,25). The highest BCUT2D eigenvalue weighted by atomic mass is 16.5. The fraction of sp³-hybridized carbons (Fsp3) is 0.522. The molecule has 0 spiro atoms. The van der Waals surface area contributed by atoms with Crippen molar-refractivity contribution >= 4 is 17.5 Å². The van der Waals surface area contributed by atoms with Crippen molar-refractivity contribution in [1.29, 1.82) is 0 Å². The van der Waals surface area contributed by atoms with E-state index in [1.807, 2.05) is 11.8 Å². The zero-order valence-electron chi connectivity index (χ0n) is 18.6. The molecule has 0 atom stereocenters. The predicted octanol–water partition coefficient (Wildman–Crippen LogP) is 1.91. The SMILES string of the molecule is CCOCC(=O)N1CCc2[nH]nc(C(=O)N3CCN(c4cc(C)ccc4C)CC3)c2C1. The van der Waals surface area contributed by atoms with E-state index in [1.54, 1.807) is 4.90 Å². The lowest BCUT2D eigenvalue weighted by Crippen LogP contribution is -2.49. The van der Waals surface area contributed by atoms with E-state index in [1.165, 1.54) is 16.8 Å². The Labute approximate surface area is 183 Å². The highest BCUT2D eigenvalue weighted by molar-refractivity contribution is 5.94. The third-order valence-electron chi connectivity index (χ3n) is 6.19. The molecule has 2 aromatic rings. The minimum atomic E-state index is -0.0581. The average molecular weight is 426 g/mol. The van der Waals surface area contributed by atoms with Crippen LogP contribution in [-0.2, 0) is 22.5 Å². The lowest BCUT2D eigenvalue weighted by Gasteiger charge is -2.37. The molecule has 0 radical (unpaired) electrons. The Kier molecular flexibility index (Phi) is 6.27. The van der Waals surface area contributed by atoms with Crippen LogP contribution in [0.15, 0.2) is 18.2 Å². The monoisotopic (exact) mass is 425 g/mol. The van der Waals surface area contributed by atoms with E-state index >= 15 is 0 Å². The third-order valence-corrected chi connectivity index (χ3v) is 6.19. The number of hydrogen-bond acceptors (Lipinski definition) is 5. The summed E-state index contributed by atoms with van der Waals surface area (Å²) in [4.78, 5) is 31.6. The molecular formula is C23H31N5O3. The first-order valence-corrected chi connectivity index (χ1v) is 11.0. The first-order valence-electron chi connectivity index (χ1n) is 11.0. The van der Waals surface area contributed by atoms with E-state index in [2.05, 4.69) is 47.1 Å². The van der Waals surface area contributed by atoms with Gasteiger partial charge in [0.25, 0.3) is 5.91 Å². The molecule has 0 bridgehead atoms. The van der Waals surface area contributed by atoms with Crippen LogP contribution in [0.5, 0.6) is 0 Å². The molecule has 1 N–H and O–H groups in total. The van der Waals surface area contributed by atoms with Crippen LogP contribution >= 0.6 is 0 Å². The number of H-pyrrole nitrogens is 1. The maximum atomic E-state index is 13.2. The average Bonchev–Trinajstić information content (AvgIpc) is 3.22. The van der Waals surface area contributed by atoms with Crippen molar-refractivity contribution < 1.29 is 14.3 Å². The van der Waals surface area contributed by atoms with Gasteiger partial charge in [-0.05, 0) is 38.0 Å². The first-order chi connectivity index (χ1) is 15.0. The molecule has 1 saturated heterocycles. The van der Waals surface area contributed by atoms with E-state index in [0.717, 1.165) is 24.3 Å². The second-order valence-electron chi connectivity index (χ2n) is 8.30. The molecule has 31 heavy (non-hydrogen) atoms. The van der Waals surface area contributed by atoms with Crippen LogP contribution < -0.4 is 4.90 Å². The van der Waals surface area contributed by atoms with Crippen molar-refractivity contribution in [1.82, 2.24) is 20.0 Å². The van der Waals surface area contributed by atoms with Gasteiger partial charge in [0.05, 0.1) is 0 Å². The summed E-state index contributed by atoms with van der Waals surface area (Å²) in [5, 5.41) is 7.35. The van der Waals surface area contributed by atoms with Crippen LogP contribution in [0.25, 0.3) is 0 Å². The Morgan fingerprint density at radius 2 is 1.87 bits per heavy atom. The van der Waals surface area contributed by atoms with Crippen LogP contribution in [0.2, 0.25) is 0 Å². The van der Waals surface area contributed by atoms with E-state index in [-0.39, 0.29) is 18.4 Å². The predicted molar refractivity (Wildman–Crippen MR) is 118 cm³/mol. The number of aromatic amines is 1. The number of fused-ring (bicyclic) bond motifs is 1. The number of anilines is 1. The van der Waals surface area contributed by atoms with Gasteiger partial charge in [-0.3, -0.25) is 14.7 Å². The molecule has 0 unspecified atom stereocenters. The van der Waals surface area contributed by atoms with Gasteiger partial charge in [-0.1, -0.05) is 12.1 Å². The maximum Gasteiger partial charge on any atom is 0.274 e. The zero-order chi connectivity index (χ0) is 22.0. The molecule has 3 heterocycles. The second kappa shape index (κ2) is 9.09. The molecule has 2 aliphatic heterocycles. The second-order valence-corrected chi connectivity index (χ2v) is 8.30. The molecule has 8 heteroatoms. The quantitative estimate of drug-likeness (QED) is 0.791. The van der Waals surface area contributed by atoms with Gasteiger partial charge in [-0.2, -0.15) is 5.10 Å². The van der Waals surface area contributed by atoms with Crippen LogP contribution in [0, 0.1) is 13.8 Å². The first kappa shape index (κ1) is 21.4. The third kappa shape index (κ3) is 4.44. The van der Waals surface area contributed by atoms with Crippen molar-refractivity contribution in [3.05, 3.63) is 46.3 Å². The smallest absolute Gasteiger partial charge is 0.274 e. The number of hydrogen-bond donors (Lipinski definition) is 1. The molecule has 166 valence electrons. The molecule has 1 aromatic heterocycles. The van der Waals surface area contributed by atoms with Gasteiger partial charge in [0.1, 0.15) is 6.61 Å². The molecule has 2 amide bonds. The number of nitrogens with zero attached hydrogens (tertiary/aromatic N) is 4. The summed E-state index contributed by atoms with van der Waals surface area (Å²) < 4.78 is 5.26. The Morgan fingerprint density at radius 3 is 2.61 bits per heavy atom. The van der Waals surface area contributed by atoms with Crippen LogP contribution in [-0.4, -0.2) is 77.7 Å². The fourth-order valence-corrected chi connectivity index (χ4v) is 4.33. The molecular weight excluding hydrogens is 394 g/mol. The zero-order valence-corrected chi connectivity index (χ0v) is 18.6. The number of nitrogens with one attached hydrogen (secondary N) is 1. The topological polar surface area (TPSA) is 81.8 Å². The van der Waals surface area contributed by atoms with Crippen LogP contribution in [0.4, 0.5) is 5.69 Å². The van der Waals surface area contributed by atoms with Gasteiger partial charge in [0, 0.05) is 69.2 Å². The Bertz CT molecular complexity index is 962. The maximum absolute atomic E-state index is 13.2. The number of rotatable bonds is 5. The number of aryl methyl sites for hydroxylation is 2. The minimum absolute atomic E-state index is 0.0470. The van der Waals surface area contributed by atoms with Crippen LogP contribution in [0.3, 0.4) is 0 Å². The normalized spacial score (nSPS) is 16.4. The molecule has 2 aliphatic rings. The van der Waals surface area contributed by atoms with Gasteiger partial charge < -0.3 is 19.4 Å². The molecule has 1 fully saturated rings. The number of benzene rings is 1. The number of ether oxygens (including phenoxy) is 1. The summed E-state index contributed by atoms with van der Waals surface area (Å²) >= 11 is 0. The van der Waals surface area contributed by atoms with Gasteiger partial charge >= 0.3 is 0 Å². The molecule has 0 saturated carbocycles. The largest absolute Gasteiger partial charge is 0.372 e. The van der Waals surface area contributed by atoms with E-state index in [4.69, 9.17) is 4.74 Å². The van der Waals surface area contributed by atoms with E-state index in [9.17, 15) is 9.59 Å². The number of carbonyl (C=O) groups is 2. The summed E-state index contributed by atoms with van der Waals surface area (Å²) in [5.74, 6) is -0.105. The Morgan fingerprint density at radius 1 is 1.10 bits per heavy atom. The fourth-order valence-electron chi connectivity index (χ4n) is 4.33. The summed E-state index contributed by atoms with van der Waals surface area (Å²) in [6, 6.07) is 6.49. The highest BCUT2D eigenvalue weighted by Gasteiger charge is 2.31. The summed E-state index contributed by atoms with van der Waals surface area (Å²) in [6.45, 7) is 10.6. The summed E-state index contributed by atoms with van der Waals surface area (Å²) in [5.41, 5.74) is 5.99. The van der Waals surface area contributed by atoms with Crippen molar-refractivity contribution in [2.24, 2.45) is 0 Å². The Hall–Kier alpha value is -2.87. The molecule has 4 rings (SSSR count). The summed E-state index contributed by atoms with van der Waals surface area (Å²) in [7, 11) is 0. The van der Waals surface area contributed by atoms with Crippen molar-refractivity contribution in [3.63, 3.8) is 0 Å². The van der Waals surface area contributed by atoms with Gasteiger partial charge in [-0.15, -0.1) is 0 Å². The van der Waals surface area contributed by atoms with Gasteiger partial charge in [-0.25, -0.2) is 0 Å². The lowest BCUT2D eigenvalue weighted by molar-refractivity contribution is -0.136. The van der Waals surface area contributed by atoms with Crippen LogP contribution in [0.1, 0.15) is 39.8 Å². The number of carbonyl (C=O) groups excluding carboxylic acids is 2. The van der Waals surface area contributed by atoms with Crippen molar-refractivity contribution in [2.45, 2.75) is 33.7 Å². The van der Waals surface area contributed by atoms with Gasteiger partial charge in [0.15, 0.2) is 5.69 Å². The molecule has 8 nitrogen and oxygen atoms in total. The Balaban J connectivity index is 1.42. The van der Waals surface area contributed by atoms with E-state index in [0.29, 0.717) is 44.9 Å². The highest BCUT2D eigenvalue weighted by Crippen LogP contribution is 2.25. The number of aromatic nitrogens is 2. The molecule has 0 aliphatic carbocycles. The number of amides is 2. The lowest BCUT2D eigenvalue weighted by atomic mass is 10.0. The van der Waals surface area contributed by atoms with Gasteiger partial charge in [0.2, 0.25) is 5.91 Å². The number of piperazine rings is 1.